The van der Waals surface area contributed by atoms with Crippen LogP contribution in [0.5, 0.6) is 0 Å². The van der Waals surface area contributed by atoms with Gasteiger partial charge in [0, 0.05) is 0 Å². The minimum Gasteiger partial charge on any atom is -0.440 e. The Morgan fingerprint density at radius 3 is 2.50 bits per heavy atom. The highest BCUT2D eigenvalue weighted by atomic mass is 16.5. The Labute approximate surface area is 127 Å². The van der Waals surface area contributed by atoms with Crippen LogP contribution in [0, 0.1) is 6.92 Å². The van der Waals surface area contributed by atoms with E-state index < -0.39 is 17.7 Å². The van der Waals surface area contributed by atoms with E-state index in [0.717, 1.165) is 5.56 Å². The van der Waals surface area contributed by atoms with Crippen molar-refractivity contribution in [3.63, 3.8) is 0 Å². The number of carbonyl (C=O) groups excluding carboxylic acids is 3. The van der Waals surface area contributed by atoms with Gasteiger partial charge in [0.1, 0.15) is 0 Å². The van der Waals surface area contributed by atoms with Gasteiger partial charge in [0.25, 0.3) is 5.78 Å². The van der Waals surface area contributed by atoms with Crippen molar-refractivity contribution in [1.29, 1.82) is 0 Å². The van der Waals surface area contributed by atoms with E-state index in [1.807, 2.05) is 6.07 Å². The predicted molar refractivity (Wildman–Crippen MR) is 79.7 cm³/mol. The van der Waals surface area contributed by atoms with Crippen LogP contribution in [0.3, 0.4) is 0 Å². The number of aryl methyl sites for hydroxylation is 1. The highest BCUT2D eigenvalue weighted by Gasteiger charge is 2.36. The number of ether oxygens (including phenoxy) is 1. The number of hydrogen-bond donors (Lipinski definition) is 0. The largest absolute Gasteiger partial charge is 0.440 e. The summed E-state index contributed by atoms with van der Waals surface area (Å²) in [6, 6.07) is 13.7. The van der Waals surface area contributed by atoms with Crippen molar-refractivity contribution in [2.45, 2.75) is 6.92 Å². The average molecular weight is 295 g/mol. The molecular formula is C17H13NO4. The summed E-state index contributed by atoms with van der Waals surface area (Å²) in [4.78, 5) is 37.1. The second-order valence-electron chi connectivity index (χ2n) is 4.96. The molecule has 0 saturated carbocycles. The Morgan fingerprint density at radius 1 is 1.05 bits per heavy atom. The normalized spacial score (nSPS) is 13.2. The van der Waals surface area contributed by atoms with E-state index in [2.05, 4.69) is 0 Å². The Balaban J connectivity index is 1.78. The molecule has 0 radical (unpaired) electrons. The molecule has 0 aliphatic carbocycles. The molecule has 1 aliphatic rings. The monoisotopic (exact) mass is 295 g/mol. The fraction of sp³-hybridized carbons (Fsp3) is 0.118. The standard InChI is InChI=1S/C17H13NO4/c1-11-6-2-3-7-12(11)17(21)22-10-18-14-9-5-4-8-13(14)15(19)16(18)20/h2-9H,10H2,1H3. The van der Waals surface area contributed by atoms with Crippen molar-refractivity contribution >= 4 is 23.3 Å². The van der Waals surface area contributed by atoms with Gasteiger partial charge in [0.15, 0.2) is 6.73 Å². The van der Waals surface area contributed by atoms with E-state index in [4.69, 9.17) is 4.74 Å². The second kappa shape index (κ2) is 5.44. The molecule has 2 aromatic rings. The molecule has 0 bridgehead atoms. The first-order valence-electron chi connectivity index (χ1n) is 6.77. The zero-order valence-electron chi connectivity index (χ0n) is 11.9. The summed E-state index contributed by atoms with van der Waals surface area (Å²) < 4.78 is 5.18. The lowest BCUT2D eigenvalue weighted by molar-refractivity contribution is -0.115. The number of esters is 1. The van der Waals surface area contributed by atoms with Crippen molar-refractivity contribution in [3.8, 4) is 0 Å². The number of ketones is 1. The van der Waals surface area contributed by atoms with Crippen molar-refractivity contribution in [2.24, 2.45) is 0 Å². The molecule has 110 valence electrons. The van der Waals surface area contributed by atoms with Crippen molar-refractivity contribution in [2.75, 3.05) is 11.6 Å². The average Bonchev–Trinajstić information content (AvgIpc) is 2.77. The van der Waals surface area contributed by atoms with Gasteiger partial charge in [-0.1, -0.05) is 30.3 Å². The van der Waals surface area contributed by atoms with Crippen LogP contribution in [0.1, 0.15) is 26.3 Å². The predicted octanol–water partition coefficient (Wildman–Crippen LogP) is 2.34. The van der Waals surface area contributed by atoms with Crippen LogP contribution in [0.25, 0.3) is 0 Å². The highest BCUT2D eigenvalue weighted by molar-refractivity contribution is 6.52. The van der Waals surface area contributed by atoms with E-state index >= 15 is 0 Å². The number of carbonyl (C=O) groups is 3. The number of para-hydroxylation sites is 1. The maximum atomic E-state index is 12.1. The number of anilines is 1. The van der Waals surface area contributed by atoms with Gasteiger partial charge in [-0.2, -0.15) is 0 Å². The third-order valence-corrected chi connectivity index (χ3v) is 3.57. The van der Waals surface area contributed by atoms with Gasteiger partial charge in [0.05, 0.1) is 16.8 Å². The summed E-state index contributed by atoms with van der Waals surface area (Å²) in [6.07, 6.45) is 0. The summed E-state index contributed by atoms with van der Waals surface area (Å²) in [5.74, 6) is -1.79. The maximum absolute atomic E-state index is 12.1. The Kier molecular flexibility index (Phi) is 3.47. The van der Waals surface area contributed by atoms with Gasteiger partial charge in [-0.3, -0.25) is 14.5 Å². The number of hydrogen-bond acceptors (Lipinski definition) is 4. The Hall–Kier alpha value is -2.95. The smallest absolute Gasteiger partial charge is 0.340 e. The summed E-state index contributed by atoms with van der Waals surface area (Å²) in [6.45, 7) is 1.52. The number of rotatable bonds is 3. The van der Waals surface area contributed by atoms with Crippen LogP contribution in [0.15, 0.2) is 48.5 Å². The van der Waals surface area contributed by atoms with Crippen molar-refractivity contribution < 1.29 is 19.1 Å². The topological polar surface area (TPSA) is 63.7 Å². The molecule has 3 rings (SSSR count). The Morgan fingerprint density at radius 2 is 1.73 bits per heavy atom. The third kappa shape index (κ3) is 2.26. The molecule has 0 N–H and O–H groups in total. The first-order chi connectivity index (χ1) is 10.6. The van der Waals surface area contributed by atoms with Crippen LogP contribution in [-0.2, 0) is 9.53 Å². The minimum absolute atomic E-state index is 0.283. The fourth-order valence-electron chi connectivity index (χ4n) is 2.38. The lowest BCUT2D eigenvalue weighted by atomic mass is 10.1. The molecule has 1 amide bonds. The first kappa shape index (κ1) is 14.0. The summed E-state index contributed by atoms with van der Waals surface area (Å²) in [5.41, 5.74) is 2.03. The summed E-state index contributed by atoms with van der Waals surface area (Å²) >= 11 is 0. The van der Waals surface area contributed by atoms with Gasteiger partial charge in [0.2, 0.25) is 0 Å². The second-order valence-corrected chi connectivity index (χ2v) is 4.96. The molecule has 0 aromatic heterocycles. The van der Waals surface area contributed by atoms with Gasteiger partial charge >= 0.3 is 11.9 Å². The number of nitrogens with zero attached hydrogens (tertiary/aromatic N) is 1. The van der Waals surface area contributed by atoms with Gasteiger partial charge in [-0.25, -0.2) is 4.79 Å². The van der Waals surface area contributed by atoms with Crippen LogP contribution >= 0.6 is 0 Å². The zero-order valence-corrected chi connectivity index (χ0v) is 11.9. The van der Waals surface area contributed by atoms with Gasteiger partial charge in [-0.05, 0) is 30.7 Å². The molecule has 1 aliphatic heterocycles. The van der Waals surface area contributed by atoms with E-state index in [1.54, 1.807) is 49.4 Å². The van der Waals surface area contributed by atoms with Crippen molar-refractivity contribution in [1.82, 2.24) is 0 Å². The SMILES string of the molecule is Cc1ccccc1C(=O)OCN1C(=O)C(=O)c2ccccc21. The third-order valence-electron chi connectivity index (χ3n) is 3.57. The molecule has 5 heteroatoms. The van der Waals surface area contributed by atoms with Gasteiger partial charge < -0.3 is 4.74 Å². The minimum atomic E-state index is -0.682. The molecule has 1 heterocycles. The molecule has 0 saturated heterocycles. The molecule has 0 spiro atoms. The first-order valence-corrected chi connectivity index (χ1v) is 6.77. The molecule has 0 atom stereocenters. The number of fused-ring (bicyclic) bond motifs is 1. The van der Waals surface area contributed by atoms with E-state index in [0.29, 0.717) is 16.8 Å². The Bertz CT molecular complexity index is 782. The summed E-state index contributed by atoms with van der Waals surface area (Å²) in [7, 11) is 0. The van der Waals surface area contributed by atoms with Crippen LogP contribution in [0.2, 0.25) is 0 Å². The van der Waals surface area contributed by atoms with Crippen molar-refractivity contribution in [3.05, 3.63) is 65.2 Å². The lowest BCUT2D eigenvalue weighted by Gasteiger charge is -2.16. The van der Waals surface area contributed by atoms with E-state index in [-0.39, 0.29) is 6.73 Å². The molecule has 22 heavy (non-hydrogen) atoms. The zero-order chi connectivity index (χ0) is 15.7. The summed E-state index contributed by atoms with van der Waals surface area (Å²) in [5, 5.41) is 0. The lowest BCUT2D eigenvalue weighted by Crippen LogP contribution is -2.33. The molecule has 5 nitrogen and oxygen atoms in total. The number of Topliss-reactive ketones (excluding diaryl/α,β-unsaturated/α-hetero) is 1. The quantitative estimate of drug-likeness (QED) is 0.644. The van der Waals surface area contributed by atoms with E-state index in [9.17, 15) is 14.4 Å². The highest BCUT2D eigenvalue weighted by Crippen LogP contribution is 2.28. The van der Waals surface area contributed by atoms with Gasteiger partial charge in [-0.15, -0.1) is 0 Å². The molecule has 0 unspecified atom stereocenters. The molecule has 0 fully saturated rings. The molecule has 2 aromatic carbocycles. The van der Waals surface area contributed by atoms with Crippen LogP contribution in [-0.4, -0.2) is 24.4 Å². The number of benzene rings is 2. The maximum Gasteiger partial charge on any atom is 0.340 e. The fourth-order valence-corrected chi connectivity index (χ4v) is 2.38. The number of amides is 1. The van der Waals surface area contributed by atoms with Crippen LogP contribution in [0.4, 0.5) is 5.69 Å². The van der Waals surface area contributed by atoms with Crippen LogP contribution < -0.4 is 4.90 Å². The molecular weight excluding hydrogens is 282 g/mol. The van der Waals surface area contributed by atoms with E-state index in [1.165, 1.54) is 4.90 Å².